The molecular weight excluding hydrogens is 411 g/mol. The van der Waals surface area contributed by atoms with Gasteiger partial charge in [0.2, 0.25) is 10.0 Å². The molecule has 0 radical (unpaired) electrons. The molecule has 30 heavy (non-hydrogen) atoms. The second kappa shape index (κ2) is 7.73. The van der Waals surface area contributed by atoms with Gasteiger partial charge < -0.3 is 15.9 Å². The molecule has 0 saturated carbocycles. The Hall–Kier alpha value is -2.92. The van der Waals surface area contributed by atoms with Gasteiger partial charge in [0.1, 0.15) is 11.6 Å². The Balaban J connectivity index is 1.74. The maximum atomic E-state index is 14.8. The Labute approximate surface area is 172 Å². The molecule has 4 rings (SSSR count). The van der Waals surface area contributed by atoms with Crippen molar-refractivity contribution in [3.05, 3.63) is 60.7 Å². The first-order valence-corrected chi connectivity index (χ1v) is 10.5. The van der Waals surface area contributed by atoms with E-state index in [2.05, 4.69) is 9.97 Å². The predicted octanol–water partition coefficient (Wildman–Crippen LogP) is 1.26. The van der Waals surface area contributed by atoms with Crippen molar-refractivity contribution in [1.29, 1.82) is 0 Å². The fraction of sp³-hybridized carbons (Fsp3) is 0.200. The Bertz CT molecular complexity index is 1180. The second-order valence-electron chi connectivity index (χ2n) is 6.97. The Morgan fingerprint density at radius 3 is 2.33 bits per heavy atom. The maximum Gasteiger partial charge on any atom is 0.243 e. The number of nitrogens with two attached hydrogens (primary N) is 1. The van der Waals surface area contributed by atoms with Crippen LogP contribution in [-0.4, -0.2) is 58.2 Å². The molecule has 3 aromatic rings. The number of halogens is 1. The highest BCUT2D eigenvalue weighted by atomic mass is 32.2. The Morgan fingerprint density at radius 2 is 1.70 bits per heavy atom. The largest absolute Gasteiger partial charge is 0.389 e. The molecule has 8 nitrogen and oxygen atoms in total. The summed E-state index contributed by atoms with van der Waals surface area (Å²) in [5.41, 5.74) is 6.68. The van der Waals surface area contributed by atoms with Crippen molar-refractivity contribution in [2.24, 2.45) is 0 Å². The van der Waals surface area contributed by atoms with E-state index in [0.29, 0.717) is 16.8 Å². The standard InChI is InChI=1S/C20H19FN4O4S/c21-15-7-12(5-6-14(15)16-8-24-20(22)9-23-16)13-3-1-2-4-19(13)30(28,29)25-10-17(26)18(27)11-25/h1-9,17-18,26-27H,10-11H2,(H2,22,24). The third kappa shape index (κ3) is 3.65. The van der Waals surface area contributed by atoms with Crippen molar-refractivity contribution < 1.29 is 23.0 Å². The highest BCUT2D eigenvalue weighted by Gasteiger charge is 2.38. The summed E-state index contributed by atoms with van der Waals surface area (Å²) in [6.45, 7) is -0.415. The number of sulfonamides is 1. The summed E-state index contributed by atoms with van der Waals surface area (Å²) in [7, 11) is -4.01. The van der Waals surface area contributed by atoms with Crippen molar-refractivity contribution in [3.8, 4) is 22.4 Å². The minimum atomic E-state index is -4.01. The van der Waals surface area contributed by atoms with Gasteiger partial charge in [-0.2, -0.15) is 4.31 Å². The summed E-state index contributed by atoms with van der Waals surface area (Å²) in [6.07, 6.45) is 0.383. The summed E-state index contributed by atoms with van der Waals surface area (Å²) in [4.78, 5) is 7.92. The van der Waals surface area contributed by atoms with Crippen LogP contribution in [-0.2, 0) is 10.0 Å². The van der Waals surface area contributed by atoms with Gasteiger partial charge in [0.15, 0.2) is 0 Å². The van der Waals surface area contributed by atoms with Crippen LogP contribution in [0.5, 0.6) is 0 Å². The van der Waals surface area contributed by atoms with E-state index in [1.807, 2.05) is 0 Å². The first-order chi connectivity index (χ1) is 14.3. The van der Waals surface area contributed by atoms with Gasteiger partial charge >= 0.3 is 0 Å². The summed E-state index contributed by atoms with van der Waals surface area (Å²) in [5, 5.41) is 19.5. The molecule has 1 saturated heterocycles. The SMILES string of the molecule is Nc1cnc(-c2ccc(-c3ccccc3S(=O)(=O)N3CC(O)C(O)C3)cc2F)cn1. The van der Waals surface area contributed by atoms with Gasteiger partial charge in [-0.15, -0.1) is 0 Å². The van der Waals surface area contributed by atoms with E-state index in [1.165, 1.54) is 30.6 Å². The van der Waals surface area contributed by atoms with Crippen LogP contribution in [0.15, 0.2) is 59.8 Å². The number of aliphatic hydroxyl groups is 2. The van der Waals surface area contributed by atoms with Crippen molar-refractivity contribution in [3.63, 3.8) is 0 Å². The zero-order valence-corrected chi connectivity index (χ0v) is 16.5. The third-order valence-corrected chi connectivity index (χ3v) is 6.85. The number of benzene rings is 2. The number of hydrogen-bond acceptors (Lipinski definition) is 7. The highest BCUT2D eigenvalue weighted by Crippen LogP contribution is 2.33. The van der Waals surface area contributed by atoms with Crippen molar-refractivity contribution >= 4 is 15.8 Å². The van der Waals surface area contributed by atoms with Crippen LogP contribution in [0.3, 0.4) is 0 Å². The van der Waals surface area contributed by atoms with Gasteiger partial charge in [0, 0.05) is 24.2 Å². The summed E-state index contributed by atoms with van der Waals surface area (Å²) >= 11 is 0. The molecule has 0 spiro atoms. The monoisotopic (exact) mass is 430 g/mol. The highest BCUT2D eigenvalue weighted by molar-refractivity contribution is 7.89. The van der Waals surface area contributed by atoms with E-state index in [1.54, 1.807) is 24.3 Å². The average molecular weight is 430 g/mol. The first kappa shape index (κ1) is 20.4. The molecule has 0 aliphatic carbocycles. The smallest absolute Gasteiger partial charge is 0.243 e. The summed E-state index contributed by atoms with van der Waals surface area (Å²) in [5.74, 6) is -0.377. The molecule has 1 aliphatic heterocycles. The summed E-state index contributed by atoms with van der Waals surface area (Å²) < 4.78 is 42.1. The molecule has 1 fully saturated rings. The van der Waals surface area contributed by atoms with Gasteiger partial charge in [-0.3, -0.25) is 4.98 Å². The molecule has 2 atom stereocenters. The average Bonchev–Trinajstić information content (AvgIpc) is 3.08. The quantitative estimate of drug-likeness (QED) is 0.568. The fourth-order valence-corrected chi connectivity index (χ4v) is 5.06. The number of rotatable bonds is 4. The van der Waals surface area contributed by atoms with E-state index in [-0.39, 0.29) is 29.4 Å². The van der Waals surface area contributed by atoms with Crippen LogP contribution >= 0.6 is 0 Å². The number of nitrogens with zero attached hydrogens (tertiary/aromatic N) is 3. The number of aromatic nitrogens is 2. The number of nitrogen functional groups attached to an aromatic ring is 1. The molecule has 0 amide bonds. The lowest BCUT2D eigenvalue weighted by Crippen LogP contribution is -2.30. The summed E-state index contributed by atoms with van der Waals surface area (Å²) in [6, 6.07) is 10.5. The Morgan fingerprint density at radius 1 is 1.00 bits per heavy atom. The zero-order chi connectivity index (χ0) is 21.5. The van der Waals surface area contributed by atoms with E-state index in [9.17, 15) is 23.0 Å². The fourth-order valence-electron chi connectivity index (χ4n) is 3.37. The molecule has 2 unspecified atom stereocenters. The van der Waals surface area contributed by atoms with Crippen LogP contribution in [0.25, 0.3) is 22.4 Å². The molecule has 1 aromatic heterocycles. The van der Waals surface area contributed by atoms with Gasteiger partial charge in [-0.05, 0) is 23.8 Å². The van der Waals surface area contributed by atoms with Gasteiger partial charge in [-0.25, -0.2) is 17.8 Å². The molecule has 4 N–H and O–H groups in total. The van der Waals surface area contributed by atoms with Crippen molar-refractivity contribution in [2.45, 2.75) is 17.1 Å². The van der Waals surface area contributed by atoms with Crippen LogP contribution < -0.4 is 5.73 Å². The van der Waals surface area contributed by atoms with Gasteiger partial charge in [-0.1, -0.05) is 24.3 Å². The van der Waals surface area contributed by atoms with Crippen LogP contribution in [0.2, 0.25) is 0 Å². The normalized spacial score (nSPS) is 19.8. The number of β-amino-alcohol motifs (C(OH)–C–C–N with tert-alkyl or cyclic N) is 2. The number of aliphatic hydroxyl groups excluding tert-OH is 2. The van der Waals surface area contributed by atoms with Crippen molar-refractivity contribution in [1.82, 2.24) is 14.3 Å². The molecule has 1 aliphatic rings. The maximum absolute atomic E-state index is 14.8. The van der Waals surface area contributed by atoms with Crippen LogP contribution in [0.4, 0.5) is 10.2 Å². The third-order valence-electron chi connectivity index (χ3n) is 4.96. The zero-order valence-electron chi connectivity index (χ0n) is 15.7. The lowest BCUT2D eigenvalue weighted by atomic mass is 10.0. The second-order valence-corrected chi connectivity index (χ2v) is 8.88. The van der Waals surface area contributed by atoms with Crippen LogP contribution in [0, 0.1) is 5.82 Å². The number of hydrogen-bond donors (Lipinski definition) is 3. The minimum absolute atomic E-state index is 0.0364. The molecule has 156 valence electrons. The van der Waals surface area contributed by atoms with Gasteiger partial charge in [0.25, 0.3) is 0 Å². The van der Waals surface area contributed by atoms with E-state index >= 15 is 0 Å². The van der Waals surface area contributed by atoms with E-state index in [4.69, 9.17) is 5.73 Å². The predicted molar refractivity (Wildman–Crippen MR) is 108 cm³/mol. The molecule has 2 aromatic carbocycles. The van der Waals surface area contributed by atoms with E-state index in [0.717, 1.165) is 4.31 Å². The molecule has 2 heterocycles. The van der Waals surface area contributed by atoms with E-state index < -0.39 is 28.0 Å². The molecule has 0 bridgehead atoms. The van der Waals surface area contributed by atoms with Crippen LogP contribution in [0.1, 0.15) is 0 Å². The first-order valence-electron chi connectivity index (χ1n) is 9.10. The lowest BCUT2D eigenvalue weighted by Gasteiger charge is -2.18. The van der Waals surface area contributed by atoms with Gasteiger partial charge in [0.05, 0.1) is 35.2 Å². The molecule has 10 heteroatoms. The molecular formula is C20H19FN4O4S. The Kier molecular flexibility index (Phi) is 5.24. The lowest BCUT2D eigenvalue weighted by molar-refractivity contribution is 0.0572. The van der Waals surface area contributed by atoms with Crippen molar-refractivity contribution in [2.75, 3.05) is 18.8 Å². The minimum Gasteiger partial charge on any atom is -0.389 e. The topological polar surface area (TPSA) is 130 Å². The number of anilines is 1.